The molecule has 0 spiro atoms. The molecule has 176 valence electrons. The van der Waals surface area contributed by atoms with E-state index in [1.807, 2.05) is 0 Å². The molecule has 1 heterocycles. The summed E-state index contributed by atoms with van der Waals surface area (Å²) in [5.74, 6) is -2.12. The predicted molar refractivity (Wildman–Crippen MR) is 121 cm³/mol. The van der Waals surface area contributed by atoms with Gasteiger partial charge in [0.2, 0.25) is 5.91 Å². The Labute approximate surface area is 196 Å². The molecule has 0 saturated heterocycles. The van der Waals surface area contributed by atoms with Crippen molar-refractivity contribution in [3.8, 4) is 11.5 Å². The van der Waals surface area contributed by atoms with Crippen molar-refractivity contribution >= 4 is 39.2 Å². The monoisotopic (exact) mass is 494 g/mol. The van der Waals surface area contributed by atoms with Gasteiger partial charge in [0.05, 0.1) is 36.6 Å². The number of amides is 3. The lowest BCUT2D eigenvalue weighted by Gasteiger charge is -2.27. The maximum Gasteiger partial charge on any atom is 0.262 e. The summed E-state index contributed by atoms with van der Waals surface area (Å²) in [7, 11) is -2.19. The van der Waals surface area contributed by atoms with E-state index >= 15 is 0 Å². The third-order valence-electron chi connectivity index (χ3n) is 5.15. The van der Waals surface area contributed by atoms with Crippen LogP contribution in [0.15, 0.2) is 36.4 Å². The third kappa shape index (κ3) is 4.81. The van der Waals surface area contributed by atoms with Gasteiger partial charge in [0, 0.05) is 6.26 Å². The Morgan fingerprint density at radius 1 is 1.15 bits per heavy atom. The Morgan fingerprint density at radius 2 is 1.85 bits per heavy atom. The number of imide groups is 1. The van der Waals surface area contributed by atoms with Gasteiger partial charge in [0.15, 0.2) is 11.5 Å². The van der Waals surface area contributed by atoms with E-state index in [4.69, 9.17) is 26.8 Å². The number of alkyl halides is 1. The van der Waals surface area contributed by atoms with Gasteiger partial charge < -0.3 is 15.2 Å². The molecule has 1 aliphatic rings. The zero-order valence-corrected chi connectivity index (χ0v) is 19.8. The summed E-state index contributed by atoms with van der Waals surface area (Å²) in [6, 6.07) is 7.84. The van der Waals surface area contributed by atoms with Gasteiger partial charge in [0.1, 0.15) is 15.2 Å². The number of ether oxygens (including phenoxy) is 2. The van der Waals surface area contributed by atoms with Crippen LogP contribution in [0.5, 0.6) is 11.5 Å². The zero-order valence-electron chi connectivity index (χ0n) is 18.2. The SMILES string of the molecule is CCOc1cc([C@H](CS(C)(=O)=O)N2C(=O)c3cccc(C(Cl)C(N)=O)c3C2=O)ccc1OC. The molecule has 3 rings (SSSR count). The molecule has 3 amide bonds. The second-order valence-corrected chi connectivity index (χ2v) is 10.1. The Morgan fingerprint density at radius 3 is 2.42 bits per heavy atom. The molecule has 1 aliphatic heterocycles. The molecular formula is C22H23ClN2O7S. The van der Waals surface area contributed by atoms with E-state index in [-0.39, 0.29) is 16.7 Å². The minimum atomic E-state index is -3.64. The maximum atomic E-state index is 13.4. The number of sulfone groups is 1. The molecule has 2 atom stereocenters. The highest BCUT2D eigenvalue weighted by atomic mass is 35.5. The first kappa shape index (κ1) is 24.5. The summed E-state index contributed by atoms with van der Waals surface area (Å²) in [5, 5.41) is -1.34. The zero-order chi connectivity index (χ0) is 24.5. The van der Waals surface area contributed by atoms with Crippen LogP contribution in [-0.2, 0) is 14.6 Å². The van der Waals surface area contributed by atoms with Gasteiger partial charge in [0.25, 0.3) is 11.8 Å². The van der Waals surface area contributed by atoms with Gasteiger partial charge in [-0.2, -0.15) is 0 Å². The number of hydrogen-bond acceptors (Lipinski definition) is 7. The Balaban J connectivity index is 2.16. The molecular weight excluding hydrogens is 472 g/mol. The number of methoxy groups -OCH3 is 1. The van der Waals surface area contributed by atoms with E-state index in [2.05, 4.69) is 0 Å². The normalized spacial score (nSPS) is 15.2. The van der Waals surface area contributed by atoms with Gasteiger partial charge in [-0.15, -0.1) is 11.6 Å². The fourth-order valence-corrected chi connectivity index (χ4v) is 4.85. The molecule has 0 fully saturated rings. The van der Waals surface area contributed by atoms with Gasteiger partial charge in [-0.1, -0.05) is 18.2 Å². The predicted octanol–water partition coefficient (Wildman–Crippen LogP) is 2.24. The molecule has 0 aliphatic carbocycles. The topological polar surface area (TPSA) is 133 Å². The highest BCUT2D eigenvalue weighted by molar-refractivity contribution is 7.90. The molecule has 1 unspecified atom stereocenters. The summed E-state index contributed by atoms with van der Waals surface area (Å²) in [6.45, 7) is 2.09. The largest absolute Gasteiger partial charge is 0.493 e. The average molecular weight is 495 g/mol. The maximum absolute atomic E-state index is 13.4. The van der Waals surface area contributed by atoms with E-state index in [1.165, 1.54) is 31.4 Å². The number of hydrogen-bond donors (Lipinski definition) is 1. The third-order valence-corrected chi connectivity index (χ3v) is 6.52. The molecule has 0 bridgehead atoms. The number of carbonyl (C=O) groups excluding carboxylic acids is 3. The molecule has 0 radical (unpaired) electrons. The fraction of sp³-hybridized carbons (Fsp3) is 0.318. The highest BCUT2D eigenvalue weighted by Gasteiger charge is 2.44. The van der Waals surface area contributed by atoms with Crippen molar-refractivity contribution in [1.29, 1.82) is 0 Å². The number of nitrogens with two attached hydrogens (primary N) is 1. The van der Waals surface area contributed by atoms with Crippen LogP contribution >= 0.6 is 11.6 Å². The number of halogens is 1. The average Bonchev–Trinajstić information content (AvgIpc) is 3.01. The van der Waals surface area contributed by atoms with E-state index in [1.54, 1.807) is 19.1 Å². The molecule has 2 N–H and O–H groups in total. The van der Waals surface area contributed by atoms with E-state index in [0.717, 1.165) is 11.2 Å². The van der Waals surface area contributed by atoms with Crippen molar-refractivity contribution in [3.05, 3.63) is 58.7 Å². The quantitative estimate of drug-likeness (QED) is 0.417. The van der Waals surface area contributed by atoms with Crippen LogP contribution < -0.4 is 15.2 Å². The summed E-state index contributed by atoms with van der Waals surface area (Å²) in [6.07, 6.45) is 1.01. The minimum Gasteiger partial charge on any atom is -0.493 e. The second kappa shape index (κ2) is 9.40. The molecule has 0 aromatic heterocycles. The van der Waals surface area contributed by atoms with Crippen molar-refractivity contribution in [3.63, 3.8) is 0 Å². The summed E-state index contributed by atoms with van der Waals surface area (Å²) >= 11 is 6.09. The number of rotatable bonds is 9. The van der Waals surface area contributed by atoms with Crippen LogP contribution in [0.3, 0.4) is 0 Å². The van der Waals surface area contributed by atoms with Crippen molar-refractivity contribution in [1.82, 2.24) is 4.90 Å². The lowest BCUT2D eigenvalue weighted by Crippen LogP contribution is -2.38. The van der Waals surface area contributed by atoms with Crippen LogP contribution in [0.25, 0.3) is 0 Å². The van der Waals surface area contributed by atoms with Crippen molar-refractivity contribution < 1.29 is 32.3 Å². The van der Waals surface area contributed by atoms with Gasteiger partial charge in [-0.25, -0.2) is 8.42 Å². The van der Waals surface area contributed by atoms with Crippen LogP contribution in [0.4, 0.5) is 0 Å². The molecule has 2 aromatic carbocycles. The first-order valence-electron chi connectivity index (χ1n) is 9.92. The second-order valence-electron chi connectivity index (χ2n) is 7.47. The number of fused-ring (bicyclic) bond motifs is 1. The van der Waals surface area contributed by atoms with E-state index in [0.29, 0.717) is 23.7 Å². The smallest absolute Gasteiger partial charge is 0.262 e. The molecule has 9 nitrogen and oxygen atoms in total. The van der Waals surface area contributed by atoms with Crippen molar-refractivity contribution in [2.75, 3.05) is 25.7 Å². The summed E-state index contributed by atoms with van der Waals surface area (Å²) in [5.41, 5.74) is 5.69. The Hall–Kier alpha value is -3.11. The van der Waals surface area contributed by atoms with Gasteiger partial charge in [-0.05, 0) is 36.2 Å². The first-order valence-corrected chi connectivity index (χ1v) is 12.4. The lowest BCUT2D eigenvalue weighted by atomic mass is 10.00. The lowest BCUT2D eigenvalue weighted by molar-refractivity contribution is -0.117. The van der Waals surface area contributed by atoms with Crippen molar-refractivity contribution in [2.45, 2.75) is 18.3 Å². The molecule has 0 saturated carbocycles. The van der Waals surface area contributed by atoms with Gasteiger partial charge >= 0.3 is 0 Å². The molecule has 2 aromatic rings. The van der Waals surface area contributed by atoms with Crippen LogP contribution in [-0.4, -0.2) is 56.8 Å². The number of nitrogens with zero attached hydrogens (tertiary/aromatic N) is 1. The minimum absolute atomic E-state index is 0.0152. The van der Waals surface area contributed by atoms with Crippen molar-refractivity contribution in [2.24, 2.45) is 5.73 Å². The van der Waals surface area contributed by atoms with E-state index in [9.17, 15) is 22.8 Å². The molecule has 11 heteroatoms. The fourth-order valence-electron chi connectivity index (χ4n) is 3.75. The summed E-state index contributed by atoms with van der Waals surface area (Å²) < 4.78 is 35.4. The Kier molecular flexibility index (Phi) is 6.99. The number of primary amides is 1. The van der Waals surface area contributed by atoms with Crippen LogP contribution in [0.2, 0.25) is 0 Å². The standard InChI is InChI=1S/C22H23ClN2O7S/c1-4-32-17-10-12(8-9-16(17)31-2)15(11-33(3,29)30)25-21(27)14-7-5-6-13(18(14)22(25)28)19(23)20(24)26/h5-10,15,19H,4,11H2,1-3H3,(H2,24,26)/t15-,19?/m0/s1. The van der Waals surface area contributed by atoms with Crippen LogP contribution in [0.1, 0.15) is 50.2 Å². The number of carbonyl (C=O) groups is 3. The summed E-state index contributed by atoms with van der Waals surface area (Å²) in [4.78, 5) is 39.2. The Bertz CT molecular complexity index is 1230. The van der Waals surface area contributed by atoms with E-state index < -0.39 is 44.7 Å². The van der Waals surface area contributed by atoms with Gasteiger partial charge in [-0.3, -0.25) is 19.3 Å². The first-order chi connectivity index (χ1) is 15.5. The molecule has 33 heavy (non-hydrogen) atoms. The van der Waals surface area contributed by atoms with Crippen LogP contribution in [0, 0.1) is 0 Å². The number of benzene rings is 2. The highest BCUT2D eigenvalue weighted by Crippen LogP contribution is 2.39.